The highest BCUT2D eigenvalue weighted by atomic mass is 16.3. The number of aliphatic hydroxyl groups excluding tert-OH is 1. The molecule has 0 atom stereocenters. The van der Waals surface area contributed by atoms with Crippen LogP contribution in [0.1, 0.15) is 30.3 Å². The van der Waals surface area contributed by atoms with Gasteiger partial charge >= 0.3 is 0 Å². The number of unbranched alkanes of at least 4 members (excludes halogenated alkanes) is 1. The van der Waals surface area contributed by atoms with Gasteiger partial charge in [0.25, 0.3) is 5.91 Å². The summed E-state index contributed by atoms with van der Waals surface area (Å²) in [6.07, 6.45) is 1.94. The van der Waals surface area contributed by atoms with Crippen molar-refractivity contribution < 1.29 is 9.90 Å². The van der Waals surface area contributed by atoms with Crippen LogP contribution < -0.4 is 0 Å². The number of aliphatic hydroxyl groups is 1. The molecule has 108 valence electrons. The van der Waals surface area contributed by atoms with Gasteiger partial charge in [0.2, 0.25) is 0 Å². The number of para-hydroxylation sites is 1. The van der Waals surface area contributed by atoms with Crippen LogP contribution in [0, 0.1) is 0 Å². The Balaban J connectivity index is 2.33. The topological polar surface area (TPSA) is 58.4 Å². The first-order valence-corrected chi connectivity index (χ1v) is 7.01. The van der Waals surface area contributed by atoms with E-state index >= 15 is 0 Å². The molecule has 0 bridgehead atoms. The van der Waals surface area contributed by atoms with Crippen molar-refractivity contribution in [2.45, 2.75) is 19.8 Å². The average Bonchev–Trinajstić information content (AvgIpc) is 2.80. The van der Waals surface area contributed by atoms with Gasteiger partial charge in [-0.05, 0) is 12.5 Å². The number of aryl methyl sites for hydroxylation is 1. The minimum Gasteiger partial charge on any atom is -0.395 e. The van der Waals surface area contributed by atoms with Crippen LogP contribution in [-0.2, 0) is 7.05 Å². The molecule has 1 heterocycles. The summed E-state index contributed by atoms with van der Waals surface area (Å²) in [5.74, 6) is -0.107. The fourth-order valence-electron chi connectivity index (χ4n) is 2.31. The first-order chi connectivity index (χ1) is 9.69. The molecule has 2 aromatic rings. The highest BCUT2D eigenvalue weighted by Crippen LogP contribution is 2.19. The molecule has 0 radical (unpaired) electrons. The molecule has 1 aromatic heterocycles. The van der Waals surface area contributed by atoms with E-state index in [4.69, 9.17) is 5.11 Å². The number of hydrogen-bond donors (Lipinski definition) is 1. The molecule has 20 heavy (non-hydrogen) atoms. The van der Waals surface area contributed by atoms with Gasteiger partial charge in [-0.2, -0.15) is 5.10 Å². The highest BCUT2D eigenvalue weighted by Gasteiger charge is 2.21. The van der Waals surface area contributed by atoms with Gasteiger partial charge in [0.15, 0.2) is 5.69 Å². The number of hydrogen-bond acceptors (Lipinski definition) is 3. The summed E-state index contributed by atoms with van der Waals surface area (Å²) in [4.78, 5) is 14.3. The summed E-state index contributed by atoms with van der Waals surface area (Å²) in [5.41, 5.74) is 1.41. The standard InChI is InChI=1S/C15H21N3O2/c1-3-4-9-18(10-11-19)15(20)14-12-7-5-6-8-13(12)17(2)16-14/h5-8,19H,3-4,9-11H2,1-2H3. The minimum atomic E-state index is -0.107. The molecule has 0 saturated carbocycles. The molecule has 0 spiro atoms. The molecular weight excluding hydrogens is 254 g/mol. The normalized spacial score (nSPS) is 10.9. The van der Waals surface area contributed by atoms with Crippen molar-refractivity contribution in [1.82, 2.24) is 14.7 Å². The summed E-state index contributed by atoms with van der Waals surface area (Å²) in [5, 5.41) is 14.3. The zero-order valence-electron chi connectivity index (χ0n) is 12.0. The quantitative estimate of drug-likeness (QED) is 0.874. The molecular formula is C15H21N3O2. The fraction of sp³-hybridized carbons (Fsp3) is 0.467. The first-order valence-electron chi connectivity index (χ1n) is 7.01. The number of aromatic nitrogens is 2. The maximum Gasteiger partial charge on any atom is 0.275 e. The molecule has 1 N–H and O–H groups in total. The Hall–Kier alpha value is -1.88. The maximum absolute atomic E-state index is 12.6. The maximum atomic E-state index is 12.6. The Bertz CT molecular complexity index is 592. The van der Waals surface area contributed by atoms with Crippen LogP contribution in [0.3, 0.4) is 0 Å². The van der Waals surface area contributed by atoms with Crippen LogP contribution in [0.4, 0.5) is 0 Å². The number of fused-ring (bicyclic) bond motifs is 1. The zero-order valence-corrected chi connectivity index (χ0v) is 12.0. The largest absolute Gasteiger partial charge is 0.395 e. The average molecular weight is 275 g/mol. The van der Waals surface area contributed by atoms with Gasteiger partial charge in [0.05, 0.1) is 12.1 Å². The Morgan fingerprint density at radius 1 is 1.35 bits per heavy atom. The van der Waals surface area contributed by atoms with Gasteiger partial charge < -0.3 is 10.0 Å². The van der Waals surface area contributed by atoms with Crippen molar-refractivity contribution in [2.75, 3.05) is 19.7 Å². The predicted octanol–water partition coefficient (Wildman–Crippen LogP) is 1.81. The number of carbonyl (C=O) groups excluding carboxylic acids is 1. The summed E-state index contributed by atoms with van der Waals surface area (Å²) in [7, 11) is 1.83. The van der Waals surface area contributed by atoms with E-state index in [1.54, 1.807) is 9.58 Å². The predicted molar refractivity (Wildman–Crippen MR) is 78.6 cm³/mol. The van der Waals surface area contributed by atoms with E-state index < -0.39 is 0 Å². The molecule has 1 aromatic carbocycles. The molecule has 5 nitrogen and oxygen atoms in total. The van der Waals surface area contributed by atoms with Gasteiger partial charge in [0, 0.05) is 25.5 Å². The molecule has 0 aliphatic heterocycles. The second kappa shape index (κ2) is 6.52. The Morgan fingerprint density at radius 3 is 2.80 bits per heavy atom. The number of benzene rings is 1. The fourth-order valence-corrected chi connectivity index (χ4v) is 2.31. The lowest BCUT2D eigenvalue weighted by Crippen LogP contribution is -2.34. The minimum absolute atomic E-state index is 0.0276. The lowest BCUT2D eigenvalue weighted by molar-refractivity contribution is 0.0714. The van der Waals surface area contributed by atoms with Crippen molar-refractivity contribution in [2.24, 2.45) is 7.05 Å². The van der Waals surface area contributed by atoms with Crippen LogP contribution in [0.15, 0.2) is 24.3 Å². The summed E-state index contributed by atoms with van der Waals surface area (Å²) in [6, 6.07) is 7.69. The van der Waals surface area contributed by atoms with Gasteiger partial charge in [-0.3, -0.25) is 9.48 Å². The molecule has 0 aliphatic carbocycles. The third-order valence-electron chi connectivity index (χ3n) is 3.40. The van der Waals surface area contributed by atoms with Crippen molar-refractivity contribution in [1.29, 1.82) is 0 Å². The zero-order chi connectivity index (χ0) is 14.5. The van der Waals surface area contributed by atoms with Crippen LogP contribution >= 0.6 is 0 Å². The van der Waals surface area contributed by atoms with Gasteiger partial charge in [0.1, 0.15) is 0 Å². The summed E-state index contributed by atoms with van der Waals surface area (Å²) < 4.78 is 1.72. The van der Waals surface area contributed by atoms with E-state index in [-0.39, 0.29) is 12.5 Å². The van der Waals surface area contributed by atoms with E-state index in [2.05, 4.69) is 12.0 Å². The molecule has 0 fully saturated rings. The van der Waals surface area contributed by atoms with Crippen molar-refractivity contribution >= 4 is 16.8 Å². The number of rotatable bonds is 6. The first kappa shape index (κ1) is 14.5. The molecule has 0 unspecified atom stereocenters. The number of carbonyl (C=O) groups is 1. The molecule has 5 heteroatoms. The lowest BCUT2D eigenvalue weighted by atomic mass is 10.2. The summed E-state index contributed by atoms with van der Waals surface area (Å²) in [6.45, 7) is 3.06. The monoisotopic (exact) mass is 275 g/mol. The second-order valence-electron chi connectivity index (χ2n) is 4.86. The SMILES string of the molecule is CCCCN(CCO)C(=O)c1nn(C)c2ccccc12. The third-order valence-corrected chi connectivity index (χ3v) is 3.40. The molecule has 0 saturated heterocycles. The number of amides is 1. The smallest absolute Gasteiger partial charge is 0.275 e. The van der Waals surface area contributed by atoms with Crippen LogP contribution in [-0.4, -0.2) is 45.4 Å². The van der Waals surface area contributed by atoms with Crippen molar-refractivity contribution in [3.8, 4) is 0 Å². The van der Waals surface area contributed by atoms with E-state index in [9.17, 15) is 4.79 Å². The number of nitrogens with zero attached hydrogens (tertiary/aromatic N) is 3. The lowest BCUT2D eigenvalue weighted by Gasteiger charge is -2.20. The second-order valence-corrected chi connectivity index (χ2v) is 4.86. The van der Waals surface area contributed by atoms with Crippen LogP contribution in [0.5, 0.6) is 0 Å². The highest BCUT2D eigenvalue weighted by molar-refractivity contribution is 6.04. The van der Waals surface area contributed by atoms with Crippen LogP contribution in [0.2, 0.25) is 0 Å². The van der Waals surface area contributed by atoms with E-state index in [1.807, 2.05) is 31.3 Å². The van der Waals surface area contributed by atoms with E-state index in [1.165, 1.54) is 0 Å². The third kappa shape index (κ3) is 2.82. The van der Waals surface area contributed by atoms with Crippen molar-refractivity contribution in [3.05, 3.63) is 30.0 Å². The van der Waals surface area contributed by atoms with Crippen LogP contribution in [0.25, 0.3) is 10.9 Å². The molecule has 0 aliphatic rings. The van der Waals surface area contributed by atoms with Gasteiger partial charge in [-0.25, -0.2) is 0 Å². The molecule has 1 amide bonds. The Kier molecular flexibility index (Phi) is 4.74. The Labute approximate surface area is 118 Å². The van der Waals surface area contributed by atoms with Gasteiger partial charge in [-0.1, -0.05) is 31.5 Å². The van der Waals surface area contributed by atoms with Gasteiger partial charge in [-0.15, -0.1) is 0 Å². The van der Waals surface area contributed by atoms with Crippen molar-refractivity contribution in [3.63, 3.8) is 0 Å². The summed E-state index contributed by atoms with van der Waals surface area (Å²) >= 11 is 0. The molecule has 2 rings (SSSR count). The Morgan fingerprint density at radius 2 is 2.10 bits per heavy atom. The van der Waals surface area contributed by atoms with E-state index in [0.717, 1.165) is 23.7 Å². The van der Waals surface area contributed by atoms with E-state index in [0.29, 0.717) is 18.8 Å².